The summed E-state index contributed by atoms with van der Waals surface area (Å²) in [6.45, 7) is 0. The van der Waals surface area contributed by atoms with Crippen LogP contribution < -0.4 is 0 Å². The first-order valence-electron chi connectivity index (χ1n) is 16.3. The lowest BCUT2D eigenvalue weighted by atomic mass is 9.88. The van der Waals surface area contributed by atoms with E-state index in [9.17, 15) is 0 Å². The zero-order chi connectivity index (χ0) is 30.9. The number of hydrogen-bond acceptors (Lipinski definition) is 0. The Kier molecular flexibility index (Phi) is 5.64. The van der Waals surface area contributed by atoms with Crippen LogP contribution in [0.3, 0.4) is 0 Å². The van der Waals surface area contributed by atoms with E-state index in [2.05, 4.69) is 180 Å². The molecule has 1 heteroatoms. The molecule has 9 aromatic carbocycles. The van der Waals surface area contributed by atoms with Gasteiger partial charge >= 0.3 is 0 Å². The third kappa shape index (κ3) is 3.84. The first-order chi connectivity index (χ1) is 23.3. The SMILES string of the molecule is c1ccc(-c2ccc(-n3c4c5ccccc5ccc4c4c5c6ccccc6c(-c6ccccc6)cc5c5ccccc5c43)cc2)cc1. The van der Waals surface area contributed by atoms with Crippen molar-refractivity contribution in [1.29, 1.82) is 0 Å². The minimum atomic E-state index is 1.16. The Morgan fingerprint density at radius 3 is 1.62 bits per heavy atom. The summed E-state index contributed by atoms with van der Waals surface area (Å²) in [6.07, 6.45) is 0. The molecule has 10 aromatic rings. The predicted molar refractivity (Wildman–Crippen MR) is 202 cm³/mol. The highest BCUT2D eigenvalue weighted by Gasteiger charge is 2.23. The maximum atomic E-state index is 2.53. The Labute approximate surface area is 272 Å². The van der Waals surface area contributed by atoms with Crippen LogP contribution in [0.5, 0.6) is 0 Å². The maximum Gasteiger partial charge on any atom is 0.0626 e. The molecule has 47 heavy (non-hydrogen) atoms. The largest absolute Gasteiger partial charge is 0.308 e. The highest BCUT2D eigenvalue weighted by atomic mass is 15.0. The van der Waals surface area contributed by atoms with E-state index < -0.39 is 0 Å². The number of nitrogens with zero attached hydrogens (tertiary/aromatic N) is 1. The van der Waals surface area contributed by atoms with Crippen molar-refractivity contribution >= 4 is 64.9 Å². The first kappa shape index (κ1) is 26.1. The fourth-order valence-electron chi connectivity index (χ4n) is 7.89. The number of hydrogen-bond donors (Lipinski definition) is 0. The topological polar surface area (TPSA) is 4.93 Å². The van der Waals surface area contributed by atoms with Gasteiger partial charge in [0.1, 0.15) is 0 Å². The lowest BCUT2D eigenvalue weighted by Gasteiger charge is -2.16. The second-order valence-corrected chi connectivity index (χ2v) is 12.5. The smallest absolute Gasteiger partial charge is 0.0626 e. The number of benzene rings is 9. The van der Waals surface area contributed by atoms with Gasteiger partial charge in [0.05, 0.1) is 11.0 Å². The van der Waals surface area contributed by atoms with Gasteiger partial charge in [-0.2, -0.15) is 0 Å². The van der Waals surface area contributed by atoms with Gasteiger partial charge in [-0.05, 0) is 67.4 Å². The van der Waals surface area contributed by atoms with Crippen molar-refractivity contribution < 1.29 is 0 Å². The fourth-order valence-corrected chi connectivity index (χ4v) is 7.89. The molecule has 0 aliphatic heterocycles. The Hall–Kier alpha value is -6.18. The van der Waals surface area contributed by atoms with Gasteiger partial charge in [0, 0.05) is 32.6 Å². The summed E-state index contributed by atoms with van der Waals surface area (Å²) in [5.41, 5.74) is 8.61. The maximum absolute atomic E-state index is 2.53. The average Bonchev–Trinajstić information content (AvgIpc) is 3.51. The van der Waals surface area contributed by atoms with Crippen molar-refractivity contribution in [2.45, 2.75) is 0 Å². The van der Waals surface area contributed by atoms with Crippen LogP contribution in [0.25, 0.3) is 92.8 Å². The molecule has 1 heterocycles. The van der Waals surface area contributed by atoms with Crippen LogP contribution in [-0.2, 0) is 0 Å². The molecular formula is C46H29N. The summed E-state index contributed by atoms with van der Waals surface area (Å²) in [7, 11) is 0. The number of rotatable bonds is 3. The molecule has 0 radical (unpaired) electrons. The molecular weight excluding hydrogens is 567 g/mol. The highest BCUT2D eigenvalue weighted by molar-refractivity contribution is 6.39. The first-order valence-corrected chi connectivity index (χ1v) is 16.3. The average molecular weight is 596 g/mol. The lowest BCUT2D eigenvalue weighted by Crippen LogP contribution is -1.96. The van der Waals surface area contributed by atoms with Gasteiger partial charge in [-0.1, -0.05) is 158 Å². The van der Waals surface area contributed by atoms with E-state index in [-0.39, 0.29) is 0 Å². The second kappa shape index (κ2) is 10.2. The van der Waals surface area contributed by atoms with Gasteiger partial charge in [-0.3, -0.25) is 0 Å². The van der Waals surface area contributed by atoms with Crippen molar-refractivity contribution in [3.05, 3.63) is 176 Å². The molecule has 0 fully saturated rings. The summed E-state index contributed by atoms with van der Waals surface area (Å²) in [5, 5.41) is 12.8. The summed E-state index contributed by atoms with van der Waals surface area (Å²) in [6, 6.07) is 64.4. The van der Waals surface area contributed by atoms with E-state index in [0.29, 0.717) is 0 Å². The van der Waals surface area contributed by atoms with Gasteiger partial charge in [0.25, 0.3) is 0 Å². The van der Waals surface area contributed by atoms with E-state index in [0.717, 1.165) is 5.69 Å². The standard InChI is InChI=1S/C46H29N/c1-3-13-30(14-4-1)31-23-26-34(27-24-31)47-45-35-18-8-7-17-33(35)25-28-40(45)44-43-38-21-11-9-19-36(38)41(32-15-5-2-6-16-32)29-42(43)37-20-10-12-22-39(37)46(44)47/h1-29H. The molecule has 0 saturated heterocycles. The quantitative estimate of drug-likeness (QED) is 0.179. The molecule has 10 rings (SSSR count). The summed E-state index contributed by atoms with van der Waals surface area (Å²) < 4.78 is 2.53. The van der Waals surface area contributed by atoms with Gasteiger partial charge in [-0.15, -0.1) is 0 Å². The molecule has 0 bridgehead atoms. The van der Waals surface area contributed by atoms with Crippen LogP contribution in [0, 0.1) is 0 Å². The molecule has 1 aromatic heterocycles. The van der Waals surface area contributed by atoms with Crippen LogP contribution >= 0.6 is 0 Å². The van der Waals surface area contributed by atoms with Crippen molar-refractivity contribution in [1.82, 2.24) is 4.57 Å². The van der Waals surface area contributed by atoms with Crippen molar-refractivity contribution in [2.75, 3.05) is 0 Å². The van der Waals surface area contributed by atoms with Gasteiger partial charge in [-0.25, -0.2) is 0 Å². The van der Waals surface area contributed by atoms with E-state index in [1.807, 2.05) is 0 Å². The van der Waals surface area contributed by atoms with Crippen LogP contribution in [0.1, 0.15) is 0 Å². The normalized spacial score (nSPS) is 11.8. The van der Waals surface area contributed by atoms with Crippen LogP contribution in [0.2, 0.25) is 0 Å². The molecule has 0 aliphatic carbocycles. The molecule has 0 N–H and O–H groups in total. The van der Waals surface area contributed by atoms with Crippen molar-refractivity contribution in [3.63, 3.8) is 0 Å². The third-order valence-electron chi connectivity index (χ3n) is 9.94. The molecule has 0 atom stereocenters. The Morgan fingerprint density at radius 2 is 0.872 bits per heavy atom. The molecule has 1 nitrogen and oxygen atoms in total. The Balaban J connectivity index is 1.44. The van der Waals surface area contributed by atoms with Crippen LogP contribution in [0.4, 0.5) is 0 Å². The molecule has 0 aliphatic rings. The Bertz CT molecular complexity index is 2810. The zero-order valence-electron chi connectivity index (χ0n) is 25.7. The molecule has 0 spiro atoms. The number of aromatic nitrogens is 1. The van der Waals surface area contributed by atoms with Gasteiger partial charge in [0.2, 0.25) is 0 Å². The summed E-state index contributed by atoms with van der Waals surface area (Å²) in [4.78, 5) is 0. The monoisotopic (exact) mass is 595 g/mol. The van der Waals surface area contributed by atoms with Gasteiger partial charge in [0.15, 0.2) is 0 Å². The van der Waals surface area contributed by atoms with Crippen molar-refractivity contribution in [3.8, 4) is 27.9 Å². The molecule has 0 unspecified atom stereocenters. The Morgan fingerprint density at radius 1 is 0.298 bits per heavy atom. The minimum Gasteiger partial charge on any atom is -0.308 e. The van der Waals surface area contributed by atoms with Gasteiger partial charge < -0.3 is 4.57 Å². The third-order valence-corrected chi connectivity index (χ3v) is 9.94. The molecule has 0 saturated carbocycles. The van der Waals surface area contributed by atoms with Crippen LogP contribution in [0.15, 0.2) is 176 Å². The van der Waals surface area contributed by atoms with E-state index in [1.165, 1.54) is 87.1 Å². The van der Waals surface area contributed by atoms with Crippen molar-refractivity contribution in [2.24, 2.45) is 0 Å². The predicted octanol–water partition coefficient (Wildman–Crippen LogP) is 12.7. The molecule has 0 amide bonds. The number of fused-ring (bicyclic) bond motifs is 12. The summed E-state index contributed by atoms with van der Waals surface area (Å²) in [5.74, 6) is 0. The van der Waals surface area contributed by atoms with E-state index in [1.54, 1.807) is 0 Å². The zero-order valence-corrected chi connectivity index (χ0v) is 25.7. The minimum absolute atomic E-state index is 1.16. The lowest BCUT2D eigenvalue weighted by molar-refractivity contribution is 1.19. The molecule has 218 valence electrons. The fraction of sp³-hybridized carbons (Fsp3) is 0. The van der Waals surface area contributed by atoms with E-state index in [4.69, 9.17) is 0 Å². The summed E-state index contributed by atoms with van der Waals surface area (Å²) >= 11 is 0. The van der Waals surface area contributed by atoms with E-state index >= 15 is 0 Å². The van der Waals surface area contributed by atoms with Crippen LogP contribution in [-0.4, -0.2) is 4.57 Å². The highest BCUT2D eigenvalue weighted by Crippen LogP contribution is 2.48. The second-order valence-electron chi connectivity index (χ2n) is 12.5.